The second-order valence-corrected chi connectivity index (χ2v) is 5.57. The number of carbonyl (C=O) groups is 1. The average Bonchev–Trinajstić information content (AvgIpc) is 2.44. The number of nitrogens with one attached hydrogen (secondary N) is 1. The standard InChI is InChI=1S/C15H12BrClFNO2/c1-9(21-14-7-6-10(18)8-11(14)16)15(20)19-13-5-3-2-4-12(13)17/h2-9H,1H3,(H,19,20). The van der Waals surface area contributed by atoms with Crippen LogP contribution in [0.1, 0.15) is 6.92 Å². The lowest BCUT2D eigenvalue weighted by Crippen LogP contribution is -2.30. The van der Waals surface area contributed by atoms with Crippen LogP contribution in [0.5, 0.6) is 5.75 Å². The van der Waals surface area contributed by atoms with Crippen molar-refractivity contribution in [2.75, 3.05) is 5.32 Å². The molecule has 1 atom stereocenters. The molecule has 1 amide bonds. The fourth-order valence-electron chi connectivity index (χ4n) is 1.61. The minimum absolute atomic E-state index is 0.348. The van der Waals surface area contributed by atoms with Gasteiger partial charge in [-0.15, -0.1) is 0 Å². The maximum absolute atomic E-state index is 13.0. The van der Waals surface area contributed by atoms with Crippen molar-refractivity contribution >= 4 is 39.1 Å². The summed E-state index contributed by atoms with van der Waals surface area (Å²) < 4.78 is 18.9. The van der Waals surface area contributed by atoms with Crippen molar-refractivity contribution in [2.45, 2.75) is 13.0 Å². The summed E-state index contributed by atoms with van der Waals surface area (Å²) in [5.41, 5.74) is 0.512. The van der Waals surface area contributed by atoms with Crippen LogP contribution in [-0.2, 0) is 4.79 Å². The van der Waals surface area contributed by atoms with E-state index in [9.17, 15) is 9.18 Å². The average molecular weight is 373 g/mol. The molecule has 0 bridgehead atoms. The van der Waals surface area contributed by atoms with E-state index in [2.05, 4.69) is 21.2 Å². The summed E-state index contributed by atoms with van der Waals surface area (Å²) in [6.07, 6.45) is -0.761. The molecular weight excluding hydrogens is 361 g/mol. The zero-order valence-corrected chi connectivity index (χ0v) is 13.4. The Morgan fingerprint density at radius 2 is 2.05 bits per heavy atom. The van der Waals surface area contributed by atoms with E-state index < -0.39 is 6.10 Å². The molecule has 2 aromatic rings. The smallest absolute Gasteiger partial charge is 0.265 e. The molecule has 21 heavy (non-hydrogen) atoms. The number of para-hydroxylation sites is 1. The van der Waals surface area contributed by atoms with Gasteiger partial charge in [-0.1, -0.05) is 23.7 Å². The molecule has 0 aromatic heterocycles. The lowest BCUT2D eigenvalue weighted by Gasteiger charge is -2.16. The van der Waals surface area contributed by atoms with Crippen molar-refractivity contribution in [3.05, 3.63) is 57.8 Å². The predicted octanol–water partition coefficient (Wildman–Crippen LogP) is 4.65. The predicted molar refractivity (Wildman–Crippen MR) is 84.3 cm³/mol. The van der Waals surface area contributed by atoms with E-state index in [0.29, 0.717) is 20.9 Å². The highest BCUT2D eigenvalue weighted by molar-refractivity contribution is 9.10. The second kappa shape index (κ2) is 6.91. The molecule has 2 aromatic carbocycles. The molecule has 0 aliphatic heterocycles. The van der Waals surface area contributed by atoms with E-state index in [0.717, 1.165) is 0 Å². The van der Waals surface area contributed by atoms with Gasteiger partial charge in [-0.05, 0) is 53.2 Å². The normalized spacial score (nSPS) is 11.8. The van der Waals surface area contributed by atoms with Crippen molar-refractivity contribution in [1.29, 1.82) is 0 Å². The molecule has 0 saturated heterocycles. The molecule has 0 spiro atoms. The number of halogens is 3. The molecule has 3 nitrogen and oxygen atoms in total. The Labute approximate surface area is 135 Å². The van der Waals surface area contributed by atoms with Crippen LogP contribution < -0.4 is 10.1 Å². The fourth-order valence-corrected chi connectivity index (χ4v) is 2.24. The van der Waals surface area contributed by atoms with Crippen molar-refractivity contribution in [3.8, 4) is 5.75 Å². The molecule has 1 unspecified atom stereocenters. The second-order valence-electron chi connectivity index (χ2n) is 4.30. The Morgan fingerprint density at radius 1 is 1.33 bits per heavy atom. The van der Waals surface area contributed by atoms with Crippen LogP contribution in [0, 0.1) is 5.82 Å². The first-order valence-electron chi connectivity index (χ1n) is 6.14. The Hall–Kier alpha value is -1.59. The zero-order chi connectivity index (χ0) is 15.4. The minimum Gasteiger partial charge on any atom is -0.480 e. The summed E-state index contributed by atoms with van der Waals surface area (Å²) in [5, 5.41) is 3.12. The Balaban J connectivity index is 2.04. The summed E-state index contributed by atoms with van der Waals surface area (Å²) in [6.45, 7) is 1.60. The lowest BCUT2D eigenvalue weighted by molar-refractivity contribution is -0.122. The molecule has 0 aliphatic carbocycles. The van der Waals surface area contributed by atoms with Gasteiger partial charge < -0.3 is 10.1 Å². The molecule has 1 N–H and O–H groups in total. The van der Waals surface area contributed by atoms with Crippen LogP contribution in [0.15, 0.2) is 46.9 Å². The third-order valence-electron chi connectivity index (χ3n) is 2.70. The maximum Gasteiger partial charge on any atom is 0.265 e. The summed E-state index contributed by atoms with van der Waals surface area (Å²) in [5.74, 6) is -0.347. The van der Waals surface area contributed by atoms with Crippen molar-refractivity contribution in [2.24, 2.45) is 0 Å². The zero-order valence-electron chi connectivity index (χ0n) is 11.1. The van der Waals surface area contributed by atoms with Crippen LogP contribution in [0.25, 0.3) is 0 Å². The fraction of sp³-hybridized carbons (Fsp3) is 0.133. The largest absolute Gasteiger partial charge is 0.480 e. The number of amides is 1. The summed E-state index contributed by atoms with van der Waals surface area (Å²) in [4.78, 5) is 12.1. The van der Waals surface area contributed by atoms with Gasteiger partial charge in [0.15, 0.2) is 6.10 Å². The van der Waals surface area contributed by atoms with E-state index in [1.54, 1.807) is 31.2 Å². The van der Waals surface area contributed by atoms with Gasteiger partial charge in [0, 0.05) is 0 Å². The molecular formula is C15H12BrClFNO2. The monoisotopic (exact) mass is 371 g/mol. The van der Waals surface area contributed by atoms with Crippen LogP contribution in [0.2, 0.25) is 5.02 Å². The summed E-state index contributed by atoms with van der Waals surface area (Å²) in [6, 6.07) is 10.9. The molecule has 0 aliphatic rings. The van der Waals surface area contributed by atoms with E-state index in [-0.39, 0.29) is 11.7 Å². The molecule has 110 valence electrons. The van der Waals surface area contributed by atoms with E-state index in [1.807, 2.05) is 0 Å². The third-order valence-corrected chi connectivity index (χ3v) is 3.65. The van der Waals surface area contributed by atoms with E-state index in [1.165, 1.54) is 18.2 Å². The Morgan fingerprint density at radius 3 is 2.71 bits per heavy atom. The van der Waals surface area contributed by atoms with Gasteiger partial charge in [0.05, 0.1) is 15.2 Å². The van der Waals surface area contributed by atoms with Crippen molar-refractivity contribution in [3.63, 3.8) is 0 Å². The SMILES string of the molecule is CC(Oc1ccc(F)cc1Br)C(=O)Nc1ccccc1Cl. The van der Waals surface area contributed by atoms with Gasteiger partial charge in [-0.25, -0.2) is 4.39 Å². The summed E-state index contributed by atoms with van der Waals surface area (Å²) >= 11 is 9.16. The Kier molecular flexibility index (Phi) is 5.20. The number of hydrogen-bond donors (Lipinski definition) is 1. The number of hydrogen-bond acceptors (Lipinski definition) is 2. The van der Waals surface area contributed by atoms with E-state index >= 15 is 0 Å². The van der Waals surface area contributed by atoms with Gasteiger partial charge >= 0.3 is 0 Å². The van der Waals surface area contributed by atoms with E-state index in [4.69, 9.17) is 16.3 Å². The first kappa shape index (κ1) is 15.8. The van der Waals surface area contributed by atoms with Gasteiger partial charge in [-0.3, -0.25) is 4.79 Å². The van der Waals surface area contributed by atoms with Crippen molar-refractivity contribution in [1.82, 2.24) is 0 Å². The number of benzene rings is 2. The highest BCUT2D eigenvalue weighted by Gasteiger charge is 2.17. The molecule has 0 saturated carbocycles. The number of carbonyl (C=O) groups excluding carboxylic acids is 1. The number of ether oxygens (including phenoxy) is 1. The highest BCUT2D eigenvalue weighted by Crippen LogP contribution is 2.27. The molecule has 0 fully saturated rings. The third kappa shape index (κ3) is 4.19. The van der Waals surface area contributed by atoms with Gasteiger partial charge in [0.2, 0.25) is 0 Å². The first-order valence-corrected chi connectivity index (χ1v) is 7.31. The maximum atomic E-state index is 13.0. The van der Waals surface area contributed by atoms with Gasteiger partial charge in [-0.2, -0.15) is 0 Å². The van der Waals surface area contributed by atoms with Crippen LogP contribution in [0.4, 0.5) is 10.1 Å². The van der Waals surface area contributed by atoms with Crippen LogP contribution >= 0.6 is 27.5 Å². The van der Waals surface area contributed by atoms with Crippen LogP contribution in [0.3, 0.4) is 0 Å². The minimum atomic E-state index is -0.761. The van der Waals surface area contributed by atoms with Crippen molar-refractivity contribution < 1.29 is 13.9 Å². The molecule has 0 heterocycles. The topological polar surface area (TPSA) is 38.3 Å². The Bertz CT molecular complexity index is 666. The molecule has 6 heteroatoms. The number of rotatable bonds is 4. The molecule has 2 rings (SSSR count). The van der Waals surface area contributed by atoms with Gasteiger partial charge in [0.25, 0.3) is 5.91 Å². The number of anilines is 1. The summed E-state index contributed by atoms with van der Waals surface area (Å²) in [7, 11) is 0. The van der Waals surface area contributed by atoms with Gasteiger partial charge in [0.1, 0.15) is 11.6 Å². The quantitative estimate of drug-likeness (QED) is 0.848. The lowest BCUT2D eigenvalue weighted by atomic mass is 10.3. The van der Waals surface area contributed by atoms with Crippen LogP contribution in [-0.4, -0.2) is 12.0 Å². The first-order chi connectivity index (χ1) is 9.97. The molecule has 0 radical (unpaired) electrons. The highest BCUT2D eigenvalue weighted by atomic mass is 79.9.